The van der Waals surface area contributed by atoms with Gasteiger partial charge in [-0.15, -0.1) is 0 Å². The third-order valence-corrected chi connectivity index (χ3v) is 5.21. The second-order valence-electron chi connectivity index (χ2n) is 6.72. The zero-order valence-electron chi connectivity index (χ0n) is 14.5. The molecule has 5 heteroatoms. The Morgan fingerprint density at radius 3 is 2.35 bits per heavy atom. The summed E-state index contributed by atoms with van der Waals surface area (Å²) < 4.78 is 0. The van der Waals surface area contributed by atoms with Gasteiger partial charge in [0.25, 0.3) is 0 Å². The van der Waals surface area contributed by atoms with E-state index in [9.17, 15) is 0 Å². The predicted molar refractivity (Wildman–Crippen MR) is 108 cm³/mol. The second kappa shape index (κ2) is 6.26. The van der Waals surface area contributed by atoms with E-state index in [0.717, 1.165) is 53.4 Å². The maximum absolute atomic E-state index is 7.81. The standard InChI is InChI=1S/C21H21N5/c22-10-13-9-12(5-6-17(13)24)21-15-4-2-1-3-14(15)20-16(11-23)18(25)7-8-19(20)26-21/h5-11,22-23H,1-4,24-25H2. The highest BCUT2D eigenvalue weighted by Gasteiger charge is 2.21. The van der Waals surface area contributed by atoms with Crippen molar-refractivity contribution >= 4 is 34.7 Å². The number of hydrogen-bond donors (Lipinski definition) is 4. The molecule has 3 aromatic rings. The molecule has 0 aliphatic heterocycles. The minimum atomic E-state index is 0.595. The number of nitrogens with one attached hydrogen (secondary N) is 2. The lowest BCUT2D eigenvalue weighted by Crippen LogP contribution is -2.10. The number of pyridine rings is 1. The van der Waals surface area contributed by atoms with Gasteiger partial charge in [-0.3, -0.25) is 0 Å². The van der Waals surface area contributed by atoms with Crippen molar-refractivity contribution in [3.05, 3.63) is 52.6 Å². The molecule has 0 spiro atoms. The van der Waals surface area contributed by atoms with Gasteiger partial charge in [-0.05, 0) is 61.1 Å². The Labute approximate surface area is 152 Å². The van der Waals surface area contributed by atoms with Gasteiger partial charge in [0, 0.05) is 45.9 Å². The zero-order valence-corrected chi connectivity index (χ0v) is 14.5. The van der Waals surface area contributed by atoms with Crippen LogP contribution in [0.4, 0.5) is 11.4 Å². The molecule has 0 radical (unpaired) electrons. The van der Waals surface area contributed by atoms with Gasteiger partial charge in [0.05, 0.1) is 11.2 Å². The van der Waals surface area contributed by atoms with Crippen molar-refractivity contribution in [1.29, 1.82) is 10.8 Å². The molecular formula is C21H21N5. The molecule has 5 nitrogen and oxygen atoms in total. The first-order valence-corrected chi connectivity index (χ1v) is 8.79. The molecule has 0 amide bonds. The summed E-state index contributed by atoms with van der Waals surface area (Å²) in [4.78, 5) is 4.94. The van der Waals surface area contributed by atoms with Crippen molar-refractivity contribution in [2.45, 2.75) is 25.7 Å². The first-order valence-electron chi connectivity index (χ1n) is 8.79. The van der Waals surface area contributed by atoms with Crippen molar-refractivity contribution in [3.8, 4) is 11.3 Å². The first-order chi connectivity index (χ1) is 12.6. The van der Waals surface area contributed by atoms with E-state index in [4.69, 9.17) is 27.3 Å². The number of fused-ring (bicyclic) bond motifs is 3. The number of aryl methyl sites for hydroxylation is 1. The Morgan fingerprint density at radius 2 is 1.62 bits per heavy atom. The van der Waals surface area contributed by atoms with Crippen LogP contribution in [0, 0.1) is 10.8 Å². The van der Waals surface area contributed by atoms with Gasteiger partial charge in [-0.25, -0.2) is 4.98 Å². The lowest BCUT2D eigenvalue weighted by atomic mass is 9.84. The van der Waals surface area contributed by atoms with E-state index in [1.807, 2.05) is 30.3 Å². The Bertz CT molecular complexity index is 1050. The summed E-state index contributed by atoms with van der Waals surface area (Å²) in [6.45, 7) is 0. The van der Waals surface area contributed by atoms with Gasteiger partial charge in [-0.2, -0.15) is 0 Å². The van der Waals surface area contributed by atoms with E-state index in [1.54, 1.807) is 0 Å². The normalized spacial score (nSPS) is 13.4. The molecule has 0 unspecified atom stereocenters. The summed E-state index contributed by atoms with van der Waals surface area (Å²) >= 11 is 0. The molecule has 0 fully saturated rings. The fourth-order valence-corrected chi connectivity index (χ4v) is 3.91. The van der Waals surface area contributed by atoms with Crippen LogP contribution in [0.1, 0.15) is 35.1 Å². The third-order valence-electron chi connectivity index (χ3n) is 5.21. The molecule has 1 aliphatic rings. The molecule has 1 aliphatic carbocycles. The SMILES string of the molecule is N=Cc1cc(-c2nc3ccc(N)c(C=N)c3c3c2CCCC3)ccc1N. The van der Waals surface area contributed by atoms with E-state index in [2.05, 4.69) is 0 Å². The Hall–Kier alpha value is -3.21. The maximum Gasteiger partial charge on any atom is 0.0744 e. The molecule has 0 bridgehead atoms. The molecule has 130 valence electrons. The average molecular weight is 343 g/mol. The largest absolute Gasteiger partial charge is 0.398 e. The van der Waals surface area contributed by atoms with E-state index >= 15 is 0 Å². The Balaban J connectivity index is 2.07. The molecule has 1 heterocycles. The van der Waals surface area contributed by atoms with Crippen LogP contribution in [0.3, 0.4) is 0 Å². The summed E-state index contributed by atoms with van der Waals surface area (Å²) in [6.07, 6.45) is 6.81. The summed E-state index contributed by atoms with van der Waals surface area (Å²) in [5.74, 6) is 0. The van der Waals surface area contributed by atoms with Gasteiger partial charge < -0.3 is 22.3 Å². The highest BCUT2D eigenvalue weighted by Crippen LogP contribution is 2.37. The van der Waals surface area contributed by atoms with Gasteiger partial charge >= 0.3 is 0 Å². The third kappa shape index (κ3) is 2.44. The van der Waals surface area contributed by atoms with E-state index < -0.39 is 0 Å². The number of nitrogens with two attached hydrogens (primary N) is 2. The molecule has 1 aromatic heterocycles. The van der Waals surface area contributed by atoms with E-state index in [1.165, 1.54) is 23.6 Å². The van der Waals surface area contributed by atoms with E-state index in [0.29, 0.717) is 16.9 Å². The van der Waals surface area contributed by atoms with Crippen molar-refractivity contribution in [2.75, 3.05) is 11.5 Å². The van der Waals surface area contributed by atoms with Gasteiger partial charge in [0.1, 0.15) is 0 Å². The van der Waals surface area contributed by atoms with E-state index in [-0.39, 0.29) is 0 Å². The number of nitrogens with zero attached hydrogens (tertiary/aromatic N) is 1. The summed E-state index contributed by atoms with van der Waals surface area (Å²) in [7, 11) is 0. The predicted octanol–water partition coefficient (Wildman–Crippen LogP) is 3.94. The van der Waals surface area contributed by atoms with Crippen molar-refractivity contribution in [3.63, 3.8) is 0 Å². The van der Waals surface area contributed by atoms with Gasteiger partial charge in [0.15, 0.2) is 0 Å². The van der Waals surface area contributed by atoms with Crippen LogP contribution < -0.4 is 11.5 Å². The first kappa shape index (κ1) is 16.3. The smallest absolute Gasteiger partial charge is 0.0744 e. The number of rotatable bonds is 3. The molecule has 0 saturated heterocycles. The minimum Gasteiger partial charge on any atom is -0.398 e. The summed E-state index contributed by atoms with van der Waals surface area (Å²) in [5, 5.41) is 16.4. The molecule has 2 aromatic carbocycles. The maximum atomic E-state index is 7.81. The summed E-state index contributed by atoms with van der Waals surface area (Å²) in [5.41, 5.74) is 20.0. The van der Waals surface area contributed by atoms with Crippen molar-refractivity contribution in [1.82, 2.24) is 4.98 Å². The quantitative estimate of drug-likeness (QED) is 0.427. The van der Waals surface area contributed by atoms with Crippen molar-refractivity contribution in [2.24, 2.45) is 0 Å². The van der Waals surface area contributed by atoms with Crippen LogP contribution in [-0.2, 0) is 12.8 Å². The number of aromatic nitrogens is 1. The van der Waals surface area contributed by atoms with Crippen LogP contribution in [-0.4, -0.2) is 17.4 Å². The Morgan fingerprint density at radius 1 is 0.885 bits per heavy atom. The fraction of sp³-hybridized carbons (Fsp3) is 0.190. The lowest BCUT2D eigenvalue weighted by molar-refractivity contribution is 0.689. The number of benzene rings is 2. The second-order valence-corrected chi connectivity index (χ2v) is 6.72. The van der Waals surface area contributed by atoms with Crippen LogP contribution in [0.5, 0.6) is 0 Å². The van der Waals surface area contributed by atoms with Crippen LogP contribution in [0.2, 0.25) is 0 Å². The fourth-order valence-electron chi connectivity index (χ4n) is 3.91. The summed E-state index contributed by atoms with van der Waals surface area (Å²) in [6, 6.07) is 9.49. The minimum absolute atomic E-state index is 0.595. The van der Waals surface area contributed by atoms with Crippen molar-refractivity contribution < 1.29 is 0 Å². The topological polar surface area (TPSA) is 113 Å². The Kier molecular flexibility index (Phi) is 3.92. The van der Waals surface area contributed by atoms with Crippen LogP contribution in [0.25, 0.3) is 22.2 Å². The highest BCUT2D eigenvalue weighted by atomic mass is 14.7. The zero-order chi connectivity index (χ0) is 18.3. The monoisotopic (exact) mass is 343 g/mol. The molecule has 4 rings (SSSR count). The van der Waals surface area contributed by atoms with Gasteiger partial charge in [-0.1, -0.05) is 6.07 Å². The number of nitrogen functional groups attached to an aromatic ring is 2. The van der Waals surface area contributed by atoms with Crippen LogP contribution in [0.15, 0.2) is 30.3 Å². The highest BCUT2D eigenvalue weighted by molar-refractivity contribution is 6.05. The molecular weight excluding hydrogens is 322 g/mol. The average Bonchev–Trinajstić information content (AvgIpc) is 2.68. The molecule has 26 heavy (non-hydrogen) atoms. The molecule has 0 atom stereocenters. The molecule has 6 N–H and O–H groups in total. The van der Waals surface area contributed by atoms with Gasteiger partial charge in [0.2, 0.25) is 0 Å². The number of hydrogen-bond acceptors (Lipinski definition) is 5. The molecule has 0 saturated carbocycles. The lowest BCUT2D eigenvalue weighted by Gasteiger charge is -2.23. The van der Waals surface area contributed by atoms with Crippen LogP contribution >= 0.6 is 0 Å². The number of anilines is 2.